The minimum Gasteiger partial charge on any atom is -0.481 e. The number of benzene rings is 1. The highest BCUT2D eigenvalue weighted by atomic mass is 16.4. The normalized spacial score (nSPS) is 14.9. The highest BCUT2D eigenvalue weighted by Crippen LogP contribution is 2.10. The van der Waals surface area contributed by atoms with Crippen LogP contribution in [0.15, 0.2) is 30.3 Å². The molecule has 36 heavy (non-hydrogen) atoms. The number of primary amides is 1. The van der Waals surface area contributed by atoms with E-state index in [0.717, 1.165) is 0 Å². The van der Waals surface area contributed by atoms with Gasteiger partial charge in [-0.05, 0) is 11.5 Å². The van der Waals surface area contributed by atoms with E-state index in [1.54, 1.807) is 44.2 Å². The van der Waals surface area contributed by atoms with Crippen molar-refractivity contribution in [3.05, 3.63) is 35.9 Å². The maximum atomic E-state index is 13.1. The molecule has 13 heteroatoms. The number of hydrogen-bond donors (Lipinski definition) is 7. The fourth-order valence-corrected chi connectivity index (χ4v) is 3.24. The molecule has 1 rings (SSSR count). The molecule has 5 atom stereocenters. The SMILES string of the molecule is CCC(C)C(NC(=O)C(Cc1ccccc1)NC(=O)C(CC(N)=O)NC(=O)C(N)CC(=O)O)C(=O)O. The Morgan fingerprint density at radius 2 is 1.42 bits per heavy atom. The van der Waals surface area contributed by atoms with Crippen LogP contribution in [-0.4, -0.2) is 69.9 Å². The Morgan fingerprint density at radius 1 is 0.861 bits per heavy atom. The van der Waals surface area contributed by atoms with E-state index >= 15 is 0 Å². The molecule has 1 aromatic rings. The third kappa shape index (κ3) is 10.1. The van der Waals surface area contributed by atoms with Crippen molar-refractivity contribution in [1.82, 2.24) is 16.0 Å². The van der Waals surface area contributed by atoms with E-state index < -0.39 is 78.5 Å². The van der Waals surface area contributed by atoms with E-state index in [1.807, 2.05) is 0 Å². The second-order valence-corrected chi connectivity index (χ2v) is 8.40. The molecular formula is C23H33N5O8. The smallest absolute Gasteiger partial charge is 0.326 e. The van der Waals surface area contributed by atoms with Crippen LogP contribution in [0.4, 0.5) is 0 Å². The van der Waals surface area contributed by atoms with Crippen molar-refractivity contribution in [2.24, 2.45) is 17.4 Å². The van der Waals surface area contributed by atoms with Gasteiger partial charge in [0.25, 0.3) is 0 Å². The van der Waals surface area contributed by atoms with Gasteiger partial charge >= 0.3 is 11.9 Å². The van der Waals surface area contributed by atoms with Crippen molar-refractivity contribution >= 4 is 35.6 Å². The van der Waals surface area contributed by atoms with E-state index in [0.29, 0.717) is 12.0 Å². The van der Waals surface area contributed by atoms with Crippen molar-refractivity contribution in [3.8, 4) is 0 Å². The summed E-state index contributed by atoms with van der Waals surface area (Å²) >= 11 is 0. The topological polar surface area (TPSA) is 231 Å². The van der Waals surface area contributed by atoms with Gasteiger partial charge in [-0.25, -0.2) is 4.79 Å². The summed E-state index contributed by atoms with van der Waals surface area (Å²) in [6, 6.07) is 3.04. The van der Waals surface area contributed by atoms with Gasteiger partial charge < -0.3 is 37.6 Å². The Bertz CT molecular complexity index is 955. The summed E-state index contributed by atoms with van der Waals surface area (Å²) < 4.78 is 0. The van der Waals surface area contributed by atoms with Gasteiger partial charge in [0.1, 0.15) is 18.1 Å². The first-order chi connectivity index (χ1) is 16.8. The van der Waals surface area contributed by atoms with Crippen LogP contribution < -0.4 is 27.4 Å². The minimum absolute atomic E-state index is 0.0268. The second kappa shape index (κ2) is 14.4. The molecule has 198 valence electrons. The summed E-state index contributed by atoms with van der Waals surface area (Å²) in [5.41, 5.74) is 11.3. The minimum atomic E-state index is -1.55. The largest absolute Gasteiger partial charge is 0.481 e. The first-order valence-corrected chi connectivity index (χ1v) is 11.3. The molecule has 0 saturated heterocycles. The molecule has 0 aliphatic carbocycles. The maximum Gasteiger partial charge on any atom is 0.326 e. The molecule has 0 heterocycles. The standard InChI is InChI=1S/C23H33N5O8/c1-3-12(2)19(23(35)36)28-22(34)15(9-13-7-5-4-6-8-13)27-21(33)16(11-17(25)29)26-20(32)14(24)10-18(30)31/h4-8,12,14-16,19H,3,9-11,24H2,1-2H3,(H2,25,29)(H,26,32)(H,27,33)(H,28,34)(H,30,31)(H,35,36). The third-order valence-electron chi connectivity index (χ3n) is 5.46. The molecule has 0 bridgehead atoms. The van der Waals surface area contributed by atoms with Crippen LogP contribution >= 0.6 is 0 Å². The van der Waals surface area contributed by atoms with Crippen LogP contribution in [0.2, 0.25) is 0 Å². The Kier molecular flexibility index (Phi) is 12.0. The van der Waals surface area contributed by atoms with E-state index in [1.165, 1.54) is 0 Å². The quantitative estimate of drug-likeness (QED) is 0.146. The van der Waals surface area contributed by atoms with E-state index in [-0.39, 0.29) is 6.42 Å². The number of amides is 4. The summed E-state index contributed by atoms with van der Waals surface area (Å²) in [7, 11) is 0. The molecule has 0 fully saturated rings. The first kappa shape index (κ1) is 30.0. The number of carboxylic acid groups (broad SMARTS) is 2. The lowest BCUT2D eigenvalue weighted by Gasteiger charge is -2.26. The molecule has 0 radical (unpaired) electrons. The molecule has 0 aliphatic heterocycles. The van der Waals surface area contributed by atoms with Crippen molar-refractivity contribution in [3.63, 3.8) is 0 Å². The van der Waals surface area contributed by atoms with E-state index in [9.17, 15) is 33.9 Å². The fourth-order valence-electron chi connectivity index (χ4n) is 3.24. The Morgan fingerprint density at radius 3 is 1.92 bits per heavy atom. The molecule has 5 unspecified atom stereocenters. The molecule has 0 spiro atoms. The van der Waals surface area contributed by atoms with Gasteiger partial charge in [-0.2, -0.15) is 0 Å². The number of hydrogen-bond acceptors (Lipinski definition) is 7. The average molecular weight is 508 g/mol. The number of nitrogens with one attached hydrogen (secondary N) is 3. The average Bonchev–Trinajstić information content (AvgIpc) is 2.80. The number of carboxylic acids is 2. The Balaban J connectivity index is 3.16. The van der Waals surface area contributed by atoms with Gasteiger partial charge in [0, 0.05) is 6.42 Å². The molecule has 13 nitrogen and oxygen atoms in total. The lowest BCUT2D eigenvalue weighted by Crippen LogP contribution is -2.58. The lowest BCUT2D eigenvalue weighted by molar-refractivity contribution is -0.144. The van der Waals surface area contributed by atoms with E-state index in [4.69, 9.17) is 16.6 Å². The third-order valence-corrected chi connectivity index (χ3v) is 5.46. The molecule has 4 amide bonds. The Labute approximate surface area is 208 Å². The number of aliphatic carboxylic acids is 2. The van der Waals surface area contributed by atoms with Gasteiger partial charge in [-0.15, -0.1) is 0 Å². The highest BCUT2D eigenvalue weighted by Gasteiger charge is 2.32. The molecular weight excluding hydrogens is 474 g/mol. The number of carbonyl (C=O) groups excluding carboxylic acids is 4. The summed E-state index contributed by atoms with van der Waals surface area (Å²) in [6.07, 6.45) is -0.930. The van der Waals surface area contributed by atoms with Crippen LogP contribution in [0.5, 0.6) is 0 Å². The molecule has 9 N–H and O–H groups in total. The summed E-state index contributed by atoms with van der Waals surface area (Å²) in [6.45, 7) is 3.42. The molecule has 1 aromatic carbocycles. The van der Waals surface area contributed by atoms with Crippen molar-refractivity contribution in [2.45, 2.75) is 63.7 Å². The summed E-state index contributed by atoms with van der Waals surface area (Å²) in [4.78, 5) is 72.3. The van der Waals surface area contributed by atoms with Crippen LogP contribution in [0.1, 0.15) is 38.7 Å². The molecule has 0 aliphatic rings. The number of rotatable bonds is 15. The number of carbonyl (C=O) groups is 6. The zero-order valence-electron chi connectivity index (χ0n) is 20.1. The van der Waals surface area contributed by atoms with Crippen LogP contribution in [0.3, 0.4) is 0 Å². The lowest BCUT2D eigenvalue weighted by atomic mass is 9.98. The second-order valence-electron chi connectivity index (χ2n) is 8.40. The van der Waals surface area contributed by atoms with Gasteiger partial charge in [0.2, 0.25) is 23.6 Å². The first-order valence-electron chi connectivity index (χ1n) is 11.3. The predicted molar refractivity (Wildman–Crippen MR) is 127 cm³/mol. The van der Waals surface area contributed by atoms with Crippen LogP contribution in [0.25, 0.3) is 0 Å². The Hall–Kier alpha value is -4.00. The van der Waals surface area contributed by atoms with Gasteiger partial charge in [0.05, 0.1) is 18.9 Å². The monoisotopic (exact) mass is 507 g/mol. The molecule has 0 aromatic heterocycles. The van der Waals surface area contributed by atoms with Crippen LogP contribution in [-0.2, 0) is 35.2 Å². The fraction of sp³-hybridized carbons (Fsp3) is 0.478. The van der Waals surface area contributed by atoms with Crippen LogP contribution in [0, 0.1) is 5.92 Å². The number of nitrogens with two attached hydrogens (primary N) is 2. The van der Waals surface area contributed by atoms with Gasteiger partial charge in [-0.1, -0.05) is 50.6 Å². The zero-order valence-corrected chi connectivity index (χ0v) is 20.1. The van der Waals surface area contributed by atoms with Crippen molar-refractivity contribution in [1.29, 1.82) is 0 Å². The van der Waals surface area contributed by atoms with Crippen molar-refractivity contribution in [2.75, 3.05) is 0 Å². The van der Waals surface area contributed by atoms with Gasteiger partial charge in [0.15, 0.2) is 0 Å². The maximum absolute atomic E-state index is 13.1. The highest BCUT2D eigenvalue weighted by molar-refractivity contribution is 5.96. The van der Waals surface area contributed by atoms with Gasteiger partial charge in [-0.3, -0.25) is 24.0 Å². The van der Waals surface area contributed by atoms with Crippen molar-refractivity contribution < 1.29 is 39.0 Å². The predicted octanol–water partition coefficient (Wildman–Crippen LogP) is -1.51. The molecule has 0 saturated carbocycles. The van der Waals surface area contributed by atoms with E-state index in [2.05, 4.69) is 16.0 Å². The summed E-state index contributed by atoms with van der Waals surface area (Å²) in [5, 5.41) is 25.4. The zero-order chi connectivity index (χ0) is 27.4. The summed E-state index contributed by atoms with van der Waals surface area (Å²) in [5.74, 6) is -6.70.